The Balaban J connectivity index is 1.80. The highest BCUT2D eigenvalue weighted by molar-refractivity contribution is 5.50. The van der Waals surface area contributed by atoms with Gasteiger partial charge in [-0.2, -0.15) is 5.10 Å². The fourth-order valence-corrected chi connectivity index (χ4v) is 2.19. The Morgan fingerprint density at radius 1 is 1.14 bits per heavy atom. The number of aromatic nitrogens is 6. The lowest BCUT2D eigenvalue weighted by Crippen LogP contribution is -2.11. The molecule has 0 saturated carbocycles. The van der Waals surface area contributed by atoms with E-state index in [1.807, 2.05) is 24.9 Å². The lowest BCUT2D eigenvalue weighted by molar-refractivity contribution is 0.567. The zero-order valence-electron chi connectivity index (χ0n) is 12.6. The van der Waals surface area contributed by atoms with E-state index in [2.05, 4.69) is 56.1 Å². The van der Waals surface area contributed by atoms with Crippen molar-refractivity contribution in [3.05, 3.63) is 42.9 Å². The Morgan fingerprint density at radius 3 is 2.67 bits per heavy atom. The van der Waals surface area contributed by atoms with Crippen LogP contribution in [0.15, 0.2) is 37.2 Å². The number of nitrogens with zero attached hydrogens (tertiary/aromatic N) is 5. The molecular weight excluding hydrogens is 264 g/mol. The summed E-state index contributed by atoms with van der Waals surface area (Å²) in [5.41, 5.74) is 2.05. The Bertz CT molecular complexity index is 699. The highest BCUT2D eigenvalue weighted by atomic mass is 15.2. The molecule has 0 aromatic carbocycles. The van der Waals surface area contributed by atoms with Crippen molar-refractivity contribution in [2.24, 2.45) is 0 Å². The van der Waals surface area contributed by atoms with Gasteiger partial charge in [0.05, 0.1) is 6.33 Å². The van der Waals surface area contributed by atoms with Gasteiger partial charge in [0.2, 0.25) is 0 Å². The summed E-state index contributed by atoms with van der Waals surface area (Å²) in [6.45, 7) is 8.19. The molecule has 0 aliphatic carbocycles. The number of H-pyrrole nitrogens is 1. The van der Waals surface area contributed by atoms with E-state index in [9.17, 15) is 0 Å². The van der Waals surface area contributed by atoms with E-state index in [0.717, 1.165) is 30.3 Å². The van der Waals surface area contributed by atoms with E-state index >= 15 is 0 Å². The summed E-state index contributed by atoms with van der Waals surface area (Å²) in [5, 5.41) is 7.52. The van der Waals surface area contributed by atoms with Crippen LogP contribution in [-0.2, 0) is 18.5 Å². The Kier molecular flexibility index (Phi) is 3.37. The molecule has 110 valence electrons. The molecule has 0 unspecified atom stereocenters. The molecule has 3 heterocycles. The second-order valence-corrected chi connectivity index (χ2v) is 6.16. The maximum absolute atomic E-state index is 4.44. The van der Waals surface area contributed by atoms with Crippen LogP contribution in [0, 0.1) is 0 Å². The number of rotatable bonds is 4. The molecule has 0 aliphatic heterocycles. The molecule has 1 N–H and O–H groups in total. The highest BCUT2D eigenvalue weighted by Crippen LogP contribution is 2.24. The lowest BCUT2D eigenvalue weighted by atomic mass is 9.92. The first kappa shape index (κ1) is 13.6. The summed E-state index contributed by atoms with van der Waals surface area (Å²) < 4.78 is 4.16. The molecule has 0 bridgehead atoms. The van der Waals surface area contributed by atoms with Crippen molar-refractivity contribution in [2.45, 2.75) is 39.3 Å². The second kappa shape index (κ2) is 5.20. The fourth-order valence-electron chi connectivity index (χ4n) is 2.19. The number of hydrogen-bond donors (Lipinski definition) is 1. The molecule has 0 spiro atoms. The number of aromatic amines is 1. The first-order chi connectivity index (χ1) is 10.0. The van der Waals surface area contributed by atoms with Crippen molar-refractivity contribution in [3.63, 3.8) is 0 Å². The summed E-state index contributed by atoms with van der Waals surface area (Å²) in [5.74, 6) is 0.891. The third kappa shape index (κ3) is 2.89. The number of aryl methyl sites for hydroxylation is 2. The van der Waals surface area contributed by atoms with Gasteiger partial charge in [-0.15, -0.1) is 0 Å². The summed E-state index contributed by atoms with van der Waals surface area (Å²) in [6, 6.07) is 2.08. The van der Waals surface area contributed by atoms with Gasteiger partial charge in [0.15, 0.2) is 5.82 Å². The van der Waals surface area contributed by atoms with E-state index in [1.54, 1.807) is 6.20 Å². The summed E-state index contributed by atoms with van der Waals surface area (Å²) in [7, 11) is 0. The standard InChI is InChI=1S/C15H20N6/c1-15(2,3)13-10-12(18-19-13)14-17-5-7-21(14)9-8-20-6-4-16-11-20/h4-7,10-11H,8-9H2,1-3H3,(H,18,19). The van der Waals surface area contributed by atoms with E-state index in [0.29, 0.717) is 0 Å². The van der Waals surface area contributed by atoms with Crippen molar-refractivity contribution < 1.29 is 0 Å². The van der Waals surface area contributed by atoms with Gasteiger partial charge in [-0.3, -0.25) is 5.10 Å². The molecule has 3 rings (SSSR count). The van der Waals surface area contributed by atoms with Gasteiger partial charge in [0, 0.05) is 49.0 Å². The third-order valence-electron chi connectivity index (χ3n) is 3.49. The lowest BCUT2D eigenvalue weighted by Gasteiger charge is -2.14. The fraction of sp³-hybridized carbons (Fsp3) is 0.400. The quantitative estimate of drug-likeness (QED) is 0.800. The Labute approximate surface area is 123 Å². The SMILES string of the molecule is CC(C)(C)c1cc(-c2nccn2CCn2ccnc2)n[nH]1. The van der Waals surface area contributed by atoms with Crippen LogP contribution in [0.2, 0.25) is 0 Å². The van der Waals surface area contributed by atoms with Crippen molar-refractivity contribution in [1.29, 1.82) is 0 Å². The van der Waals surface area contributed by atoms with Crippen LogP contribution in [0.25, 0.3) is 11.5 Å². The molecule has 6 heteroatoms. The third-order valence-corrected chi connectivity index (χ3v) is 3.49. The molecule has 21 heavy (non-hydrogen) atoms. The monoisotopic (exact) mass is 284 g/mol. The topological polar surface area (TPSA) is 64.3 Å². The summed E-state index contributed by atoms with van der Waals surface area (Å²) in [4.78, 5) is 8.49. The zero-order valence-corrected chi connectivity index (χ0v) is 12.6. The largest absolute Gasteiger partial charge is 0.336 e. The van der Waals surface area contributed by atoms with Crippen LogP contribution in [-0.4, -0.2) is 29.3 Å². The van der Waals surface area contributed by atoms with E-state index in [1.165, 1.54) is 0 Å². The predicted molar refractivity (Wildman–Crippen MR) is 80.7 cm³/mol. The number of hydrogen-bond acceptors (Lipinski definition) is 3. The van der Waals surface area contributed by atoms with Gasteiger partial charge in [0.1, 0.15) is 5.69 Å². The molecular formula is C15H20N6. The van der Waals surface area contributed by atoms with Crippen LogP contribution < -0.4 is 0 Å². The number of imidazole rings is 2. The van der Waals surface area contributed by atoms with Crippen molar-refractivity contribution >= 4 is 0 Å². The first-order valence-electron chi connectivity index (χ1n) is 7.07. The number of nitrogens with one attached hydrogen (secondary N) is 1. The van der Waals surface area contributed by atoms with Gasteiger partial charge in [0.25, 0.3) is 0 Å². The van der Waals surface area contributed by atoms with Crippen molar-refractivity contribution in [2.75, 3.05) is 0 Å². The zero-order chi connectivity index (χ0) is 14.9. The molecule has 0 fully saturated rings. The molecule has 0 atom stereocenters. The van der Waals surface area contributed by atoms with Gasteiger partial charge >= 0.3 is 0 Å². The maximum Gasteiger partial charge on any atom is 0.160 e. The van der Waals surface area contributed by atoms with Crippen LogP contribution in [0.5, 0.6) is 0 Å². The molecule has 0 saturated heterocycles. The van der Waals surface area contributed by atoms with E-state index in [-0.39, 0.29) is 5.41 Å². The highest BCUT2D eigenvalue weighted by Gasteiger charge is 2.18. The summed E-state index contributed by atoms with van der Waals surface area (Å²) in [6.07, 6.45) is 9.37. The van der Waals surface area contributed by atoms with Gasteiger partial charge < -0.3 is 9.13 Å². The van der Waals surface area contributed by atoms with Crippen LogP contribution in [0.1, 0.15) is 26.5 Å². The second-order valence-electron chi connectivity index (χ2n) is 6.16. The molecule has 6 nitrogen and oxygen atoms in total. The van der Waals surface area contributed by atoms with E-state index in [4.69, 9.17) is 0 Å². The van der Waals surface area contributed by atoms with Gasteiger partial charge in [-0.1, -0.05) is 20.8 Å². The van der Waals surface area contributed by atoms with Crippen molar-refractivity contribution in [1.82, 2.24) is 29.3 Å². The minimum absolute atomic E-state index is 0.0550. The Hall–Kier alpha value is -2.37. The summed E-state index contributed by atoms with van der Waals surface area (Å²) >= 11 is 0. The first-order valence-corrected chi connectivity index (χ1v) is 7.07. The molecule has 0 amide bonds. The van der Waals surface area contributed by atoms with E-state index < -0.39 is 0 Å². The van der Waals surface area contributed by atoms with Gasteiger partial charge in [-0.05, 0) is 6.07 Å². The average Bonchev–Trinajstić information content (AvgIpc) is 3.16. The smallest absolute Gasteiger partial charge is 0.160 e. The predicted octanol–water partition coefficient (Wildman–Crippen LogP) is 2.47. The minimum atomic E-state index is 0.0550. The molecule has 0 aliphatic rings. The average molecular weight is 284 g/mol. The minimum Gasteiger partial charge on any atom is -0.336 e. The van der Waals surface area contributed by atoms with Crippen LogP contribution >= 0.6 is 0 Å². The maximum atomic E-state index is 4.44. The van der Waals surface area contributed by atoms with Crippen LogP contribution in [0.4, 0.5) is 0 Å². The molecule has 0 radical (unpaired) electrons. The van der Waals surface area contributed by atoms with Crippen molar-refractivity contribution in [3.8, 4) is 11.5 Å². The Morgan fingerprint density at radius 2 is 2.00 bits per heavy atom. The molecule has 3 aromatic rings. The normalized spacial score (nSPS) is 12.0. The van der Waals surface area contributed by atoms with Gasteiger partial charge in [-0.25, -0.2) is 9.97 Å². The van der Waals surface area contributed by atoms with Crippen LogP contribution in [0.3, 0.4) is 0 Å². The molecule has 3 aromatic heterocycles.